The Morgan fingerprint density at radius 3 is 3.00 bits per heavy atom. The molecule has 1 aliphatic rings. The number of nitrogens with one attached hydrogen (secondary N) is 2. The van der Waals surface area contributed by atoms with E-state index in [4.69, 9.17) is 0 Å². The molecule has 0 radical (unpaired) electrons. The van der Waals surface area contributed by atoms with Gasteiger partial charge in [0.1, 0.15) is 0 Å². The highest BCUT2D eigenvalue weighted by Crippen LogP contribution is 2.13. The lowest BCUT2D eigenvalue weighted by Crippen LogP contribution is -2.27. The summed E-state index contributed by atoms with van der Waals surface area (Å²) in [4.78, 5) is 11.9. The van der Waals surface area contributed by atoms with Gasteiger partial charge >= 0.3 is 0 Å². The Kier molecular flexibility index (Phi) is 3.78. The van der Waals surface area contributed by atoms with Gasteiger partial charge in [0.05, 0.1) is 23.8 Å². The third-order valence-electron chi connectivity index (χ3n) is 3.48. The summed E-state index contributed by atoms with van der Waals surface area (Å²) in [5, 5.41) is 10.5. The summed E-state index contributed by atoms with van der Waals surface area (Å²) in [6.45, 7) is 1.02. The lowest BCUT2D eigenvalue weighted by Gasteiger charge is -2.09. The van der Waals surface area contributed by atoms with Gasteiger partial charge in [0, 0.05) is 12.5 Å². The Balaban J connectivity index is 1.61. The number of hydrogen-bond acceptors (Lipinski definition) is 3. The summed E-state index contributed by atoms with van der Waals surface area (Å²) < 4.78 is 1.75. The highest BCUT2D eigenvalue weighted by atomic mass is 16.1. The third kappa shape index (κ3) is 3.05. The maximum Gasteiger partial charge on any atom is 0.226 e. The number of benzene rings is 1. The Hall–Kier alpha value is -2.14. The van der Waals surface area contributed by atoms with Crippen LogP contribution in [0, 0.1) is 0 Å². The third-order valence-corrected chi connectivity index (χ3v) is 3.48. The van der Waals surface area contributed by atoms with Gasteiger partial charge in [0.15, 0.2) is 0 Å². The van der Waals surface area contributed by atoms with Crippen LogP contribution in [0.1, 0.15) is 19.3 Å². The van der Waals surface area contributed by atoms with Crippen molar-refractivity contribution in [2.24, 2.45) is 0 Å². The van der Waals surface area contributed by atoms with Gasteiger partial charge in [-0.15, -0.1) is 0 Å². The molecule has 0 spiro atoms. The molecule has 1 aromatic carbocycles. The van der Waals surface area contributed by atoms with Crippen molar-refractivity contribution in [1.82, 2.24) is 15.1 Å². The van der Waals surface area contributed by atoms with Crippen LogP contribution < -0.4 is 10.6 Å². The summed E-state index contributed by atoms with van der Waals surface area (Å²) in [6.07, 6.45) is 6.26. The number of aromatic nitrogens is 2. The normalized spacial score (nSPS) is 18.1. The Labute approximate surface area is 118 Å². The minimum Gasteiger partial charge on any atom is -0.323 e. The van der Waals surface area contributed by atoms with Crippen LogP contribution in [0.25, 0.3) is 5.69 Å². The molecule has 0 saturated carbocycles. The Morgan fingerprint density at radius 2 is 2.25 bits per heavy atom. The summed E-state index contributed by atoms with van der Waals surface area (Å²) >= 11 is 0. The minimum absolute atomic E-state index is 0.0389. The number of para-hydroxylation sites is 1. The van der Waals surface area contributed by atoms with Crippen LogP contribution in [0.15, 0.2) is 42.7 Å². The van der Waals surface area contributed by atoms with Crippen LogP contribution in [0.3, 0.4) is 0 Å². The molecule has 3 rings (SSSR count). The Bertz CT molecular complexity index is 573. The molecular weight excluding hydrogens is 252 g/mol. The van der Waals surface area contributed by atoms with E-state index in [9.17, 15) is 4.79 Å². The molecule has 1 saturated heterocycles. The topological polar surface area (TPSA) is 59.0 Å². The number of nitrogens with zero attached hydrogens (tertiary/aromatic N) is 2. The van der Waals surface area contributed by atoms with Crippen LogP contribution >= 0.6 is 0 Å². The van der Waals surface area contributed by atoms with E-state index >= 15 is 0 Å². The number of carbonyl (C=O) groups excluding carboxylic acids is 1. The van der Waals surface area contributed by atoms with E-state index in [1.807, 2.05) is 36.5 Å². The molecule has 1 unspecified atom stereocenters. The molecule has 2 aromatic rings. The van der Waals surface area contributed by atoms with E-state index in [-0.39, 0.29) is 5.91 Å². The first-order valence-corrected chi connectivity index (χ1v) is 6.94. The van der Waals surface area contributed by atoms with E-state index < -0.39 is 0 Å². The van der Waals surface area contributed by atoms with Crippen LogP contribution in [0.5, 0.6) is 0 Å². The summed E-state index contributed by atoms with van der Waals surface area (Å²) in [5.74, 6) is 0.0389. The van der Waals surface area contributed by atoms with Gasteiger partial charge in [-0.1, -0.05) is 18.2 Å². The molecule has 1 atom stereocenters. The quantitative estimate of drug-likeness (QED) is 0.892. The molecule has 1 aromatic heterocycles. The minimum atomic E-state index is 0.0389. The average Bonchev–Trinajstić information content (AvgIpc) is 3.11. The molecule has 1 aliphatic heterocycles. The van der Waals surface area contributed by atoms with E-state index in [2.05, 4.69) is 15.7 Å². The van der Waals surface area contributed by atoms with Crippen molar-refractivity contribution in [3.63, 3.8) is 0 Å². The van der Waals surface area contributed by atoms with Crippen molar-refractivity contribution in [2.45, 2.75) is 25.3 Å². The average molecular weight is 270 g/mol. The number of hydrogen-bond donors (Lipinski definition) is 2. The summed E-state index contributed by atoms with van der Waals surface area (Å²) in [7, 11) is 0. The predicted octanol–water partition coefficient (Wildman–Crippen LogP) is 1.95. The molecule has 104 valence electrons. The smallest absolute Gasteiger partial charge is 0.226 e. The molecule has 0 aliphatic carbocycles. The number of rotatable bonds is 4. The lowest BCUT2D eigenvalue weighted by atomic mass is 10.1. The second-order valence-corrected chi connectivity index (χ2v) is 5.05. The molecule has 20 heavy (non-hydrogen) atoms. The highest BCUT2D eigenvalue weighted by molar-refractivity contribution is 5.90. The molecule has 2 N–H and O–H groups in total. The van der Waals surface area contributed by atoms with Crippen molar-refractivity contribution in [3.8, 4) is 5.69 Å². The van der Waals surface area contributed by atoms with Crippen molar-refractivity contribution in [1.29, 1.82) is 0 Å². The van der Waals surface area contributed by atoms with Gasteiger partial charge in [0.25, 0.3) is 0 Å². The molecule has 2 heterocycles. The zero-order chi connectivity index (χ0) is 13.8. The van der Waals surface area contributed by atoms with Crippen molar-refractivity contribution in [3.05, 3.63) is 42.7 Å². The molecule has 1 amide bonds. The standard InChI is InChI=1S/C15H18N4O/c20-15(9-12-5-4-8-16-12)18-13-10-17-19(11-13)14-6-2-1-3-7-14/h1-3,6-7,10-12,16H,4-5,8-9H2,(H,18,20). The van der Waals surface area contributed by atoms with Crippen LogP contribution in [0.4, 0.5) is 5.69 Å². The van der Waals surface area contributed by atoms with Gasteiger partial charge in [-0.2, -0.15) is 5.10 Å². The molecule has 5 heteroatoms. The predicted molar refractivity (Wildman–Crippen MR) is 77.8 cm³/mol. The molecule has 5 nitrogen and oxygen atoms in total. The molecular formula is C15H18N4O. The monoisotopic (exact) mass is 270 g/mol. The first-order chi connectivity index (χ1) is 9.81. The van der Waals surface area contributed by atoms with E-state index in [1.165, 1.54) is 0 Å². The van der Waals surface area contributed by atoms with Gasteiger partial charge < -0.3 is 10.6 Å². The lowest BCUT2D eigenvalue weighted by molar-refractivity contribution is -0.116. The number of carbonyl (C=O) groups is 1. The number of amides is 1. The second-order valence-electron chi connectivity index (χ2n) is 5.05. The van der Waals surface area contributed by atoms with Gasteiger partial charge in [-0.3, -0.25) is 4.79 Å². The fourth-order valence-corrected chi connectivity index (χ4v) is 2.48. The molecule has 1 fully saturated rings. The maximum absolute atomic E-state index is 11.9. The second kappa shape index (κ2) is 5.88. The van der Waals surface area contributed by atoms with Gasteiger partial charge in [-0.05, 0) is 31.5 Å². The van der Waals surface area contributed by atoms with Crippen molar-refractivity contribution >= 4 is 11.6 Å². The summed E-state index contributed by atoms with van der Waals surface area (Å²) in [6, 6.07) is 10.1. The number of anilines is 1. The van der Waals surface area contributed by atoms with Crippen LogP contribution in [0.2, 0.25) is 0 Å². The van der Waals surface area contributed by atoms with Crippen LogP contribution in [-0.2, 0) is 4.79 Å². The zero-order valence-corrected chi connectivity index (χ0v) is 11.2. The van der Waals surface area contributed by atoms with E-state index in [0.717, 1.165) is 30.8 Å². The highest BCUT2D eigenvalue weighted by Gasteiger charge is 2.17. The first-order valence-electron chi connectivity index (χ1n) is 6.94. The van der Waals surface area contributed by atoms with Crippen molar-refractivity contribution < 1.29 is 4.79 Å². The fourth-order valence-electron chi connectivity index (χ4n) is 2.48. The van der Waals surface area contributed by atoms with Crippen molar-refractivity contribution in [2.75, 3.05) is 11.9 Å². The van der Waals surface area contributed by atoms with Gasteiger partial charge in [-0.25, -0.2) is 4.68 Å². The SMILES string of the molecule is O=C(CC1CCCN1)Nc1cnn(-c2ccccc2)c1. The summed E-state index contributed by atoms with van der Waals surface area (Å²) in [5.41, 5.74) is 1.71. The van der Waals surface area contributed by atoms with E-state index in [1.54, 1.807) is 10.9 Å². The molecule has 0 bridgehead atoms. The van der Waals surface area contributed by atoms with Gasteiger partial charge in [0.2, 0.25) is 5.91 Å². The maximum atomic E-state index is 11.9. The zero-order valence-electron chi connectivity index (χ0n) is 11.2. The largest absolute Gasteiger partial charge is 0.323 e. The first kappa shape index (κ1) is 12.9. The fraction of sp³-hybridized carbons (Fsp3) is 0.333. The van der Waals surface area contributed by atoms with Crippen LogP contribution in [-0.4, -0.2) is 28.3 Å². The Morgan fingerprint density at radius 1 is 1.40 bits per heavy atom. The van der Waals surface area contributed by atoms with E-state index in [0.29, 0.717) is 12.5 Å².